The molecule has 0 amide bonds. The van der Waals surface area contributed by atoms with E-state index in [0.29, 0.717) is 0 Å². The number of rotatable bonds is 6. The molecule has 1 aromatic heterocycles. The lowest BCUT2D eigenvalue weighted by atomic mass is 10.2. The smallest absolute Gasteiger partial charge is 0.116 e. The van der Waals surface area contributed by atoms with E-state index in [4.69, 9.17) is 11.6 Å². The summed E-state index contributed by atoms with van der Waals surface area (Å²) < 4.78 is 0. The largest absolute Gasteiger partial charge is 0.313 e. The zero-order chi connectivity index (χ0) is 13.5. The van der Waals surface area contributed by atoms with Gasteiger partial charge in [-0.2, -0.15) is 0 Å². The van der Waals surface area contributed by atoms with Gasteiger partial charge in [-0.25, -0.2) is 9.97 Å². The second-order valence-corrected chi connectivity index (χ2v) is 5.51. The Balaban J connectivity index is 2.17. The van der Waals surface area contributed by atoms with Crippen molar-refractivity contribution in [3.8, 4) is 0 Å². The standard InChI is InChI=1S/C14H16ClN3S/c1-2-7-16-9-11-12(15)4-3-5-13(11)19-14-6-8-17-10-18-14/h3-6,8,10,16H,2,7,9H2,1H3. The second-order valence-electron chi connectivity index (χ2n) is 4.04. The van der Waals surface area contributed by atoms with Crippen molar-refractivity contribution in [2.24, 2.45) is 0 Å². The molecule has 0 bridgehead atoms. The number of nitrogens with zero attached hydrogens (tertiary/aromatic N) is 2. The summed E-state index contributed by atoms with van der Waals surface area (Å²) >= 11 is 7.90. The van der Waals surface area contributed by atoms with Gasteiger partial charge in [0.2, 0.25) is 0 Å². The van der Waals surface area contributed by atoms with Crippen LogP contribution in [0.3, 0.4) is 0 Å². The summed E-state index contributed by atoms with van der Waals surface area (Å²) in [7, 11) is 0. The van der Waals surface area contributed by atoms with Crippen LogP contribution in [0.1, 0.15) is 18.9 Å². The van der Waals surface area contributed by atoms with Crippen molar-refractivity contribution in [2.75, 3.05) is 6.54 Å². The Bertz CT molecular complexity index is 519. The van der Waals surface area contributed by atoms with E-state index in [1.807, 2.05) is 18.2 Å². The third kappa shape index (κ3) is 4.20. The van der Waals surface area contributed by atoms with Crippen LogP contribution in [0.25, 0.3) is 0 Å². The fourth-order valence-corrected chi connectivity index (χ4v) is 2.85. The maximum absolute atomic E-state index is 6.29. The summed E-state index contributed by atoms with van der Waals surface area (Å²) in [5.74, 6) is 0. The van der Waals surface area contributed by atoms with Crippen LogP contribution in [0, 0.1) is 0 Å². The van der Waals surface area contributed by atoms with Gasteiger partial charge < -0.3 is 5.32 Å². The van der Waals surface area contributed by atoms with Gasteiger partial charge in [-0.15, -0.1) is 0 Å². The molecule has 2 aromatic rings. The first-order valence-electron chi connectivity index (χ1n) is 6.23. The van der Waals surface area contributed by atoms with Crippen molar-refractivity contribution in [1.29, 1.82) is 0 Å². The maximum atomic E-state index is 6.29. The van der Waals surface area contributed by atoms with Crippen molar-refractivity contribution in [2.45, 2.75) is 29.8 Å². The Morgan fingerprint density at radius 3 is 2.95 bits per heavy atom. The Morgan fingerprint density at radius 2 is 2.21 bits per heavy atom. The van der Waals surface area contributed by atoms with Crippen LogP contribution in [0.5, 0.6) is 0 Å². The Morgan fingerprint density at radius 1 is 1.32 bits per heavy atom. The minimum absolute atomic E-state index is 0.779. The summed E-state index contributed by atoms with van der Waals surface area (Å²) in [6, 6.07) is 7.86. The van der Waals surface area contributed by atoms with Gasteiger partial charge in [0.25, 0.3) is 0 Å². The minimum Gasteiger partial charge on any atom is -0.313 e. The van der Waals surface area contributed by atoms with Gasteiger partial charge in [0.15, 0.2) is 0 Å². The lowest BCUT2D eigenvalue weighted by Gasteiger charge is -2.11. The number of nitrogens with one attached hydrogen (secondary N) is 1. The average Bonchev–Trinajstić information content (AvgIpc) is 2.43. The fourth-order valence-electron chi connectivity index (χ4n) is 1.65. The number of aromatic nitrogens is 2. The van der Waals surface area contributed by atoms with Crippen LogP contribution < -0.4 is 5.32 Å². The van der Waals surface area contributed by atoms with Crippen molar-refractivity contribution < 1.29 is 0 Å². The van der Waals surface area contributed by atoms with E-state index in [2.05, 4.69) is 28.3 Å². The van der Waals surface area contributed by atoms with E-state index in [0.717, 1.165) is 40.0 Å². The van der Waals surface area contributed by atoms with Crippen LogP contribution in [0.2, 0.25) is 5.02 Å². The van der Waals surface area contributed by atoms with Gasteiger partial charge in [0.05, 0.1) is 0 Å². The van der Waals surface area contributed by atoms with E-state index in [9.17, 15) is 0 Å². The van der Waals surface area contributed by atoms with Crippen molar-refractivity contribution >= 4 is 23.4 Å². The van der Waals surface area contributed by atoms with E-state index < -0.39 is 0 Å². The van der Waals surface area contributed by atoms with Crippen LogP contribution >= 0.6 is 23.4 Å². The molecule has 0 radical (unpaired) electrons. The Hall–Kier alpha value is -1.10. The summed E-state index contributed by atoms with van der Waals surface area (Å²) in [6.45, 7) is 3.92. The number of halogens is 1. The molecule has 0 aliphatic carbocycles. The Labute approximate surface area is 122 Å². The molecule has 0 unspecified atom stereocenters. The third-order valence-electron chi connectivity index (χ3n) is 2.57. The topological polar surface area (TPSA) is 37.8 Å². The van der Waals surface area contributed by atoms with Gasteiger partial charge in [0, 0.05) is 22.7 Å². The summed E-state index contributed by atoms with van der Waals surface area (Å²) in [6.07, 6.45) is 4.41. The van der Waals surface area contributed by atoms with Crippen molar-refractivity contribution in [3.63, 3.8) is 0 Å². The lowest BCUT2D eigenvalue weighted by Crippen LogP contribution is -2.14. The molecule has 0 aliphatic heterocycles. The molecule has 3 nitrogen and oxygen atoms in total. The van der Waals surface area contributed by atoms with Crippen LogP contribution in [0.4, 0.5) is 0 Å². The highest BCUT2D eigenvalue weighted by molar-refractivity contribution is 7.99. The second kappa shape index (κ2) is 7.48. The molecule has 0 saturated heterocycles. The van der Waals surface area contributed by atoms with Crippen molar-refractivity contribution in [1.82, 2.24) is 15.3 Å². The molecule has 100 valence electrons. The molecular weight excluding hydrogens is 278 g/mol. The molecule has 1 heterocycles. The first kappa shape index (κ1) is 14.3. The quantitative estimate of drug-likeness (QED) is 0.650. The molecular formula is C14H16ClN3S. The van der Waals surface area contributed by atoms with E-state index in [-0.39, 0.29) is 0 Å². The lowest BCUT2D eigenvalue weighted by molar-refractivity contribution is 0.669. The zero-order valence-electron chi connectivity index (χ0n) is 10.8. The highest BCUT2D eigenvalue weighted by Crippen LogP contribution is 2.32. The normalized spacial score (nSPS) is 10.6. The third-order valence-corrected chi connectivity index (χ3v) is 3.98. The minimum atomic E-state index is 0.779. The van der Waals surface area contributed by atoms with Gasteiger partial charge in [-0.05, 0) is 36.7 Å². The number of hydrogen-bond donors (Lipinski definition) is 1. The zero-order valence-corrected chi connectivity index (χ0v) is 12.3. The van der Waals surface area contributed by atoms with Gasteiger partial charge >= 0.3 is 0 Å². The molecule has 5 heteroatoms. The van der Waals surface area contributed by atoms with E-state index in [1.54, 1.807) is 24.3 Å². The predicted molar refractivity (Wildman–Crippen MR) is 79.6 cm³/mol. The summed E-state index contributed by atoms with van der Waals surface area (Å²) in [4.78, 5) is 9.29. The highest BCUT2D eigenvalue weighted by Gasteiger charge is 2.08. The van der Waals surface area contributed by atoms with Gasteiger partial charge in [-0.1, -0.05) is 36.4 Å². The molecule has 1 N–H and O–H groups in total. The highest BCUT2D eigenvalue weighted by atomic mass is 35.5. The molecule has 2 rings (SSSR count). The first-order chi connectivity index (χ1) is 9.31. The number of hydrogen-bond acceptors (Lipinski definition) is 4. The van der Waals surface area contributed by atoms with Crippen LogP contribution in [-0.4, -0.2) is 16.5 Å². The van der Waals surface area contributed by atoms with Crippen LogP contribution in [0.15, 0.2) is 46.7 Å². The predicted octanol–water partition coefficient (Wildman–Crippen LogP) is 3.78. The molecule has 0 atom stereocenters. The summed E-state index contributed by atoms with van der Waals surface area (Å²) in [5.41, 5.74) is 1.13. The molecule has 1 aromatic carbocycles. The average molecular weight is 294 g/mol. The van der Waals surface area contributed by atoms with Gasteiger partial charge in [0.1, 0.15) is 11.4 Å². The molecule has 0 aliphatic rings. The van der Waals surface area contributed by atoms with E-state index in [1.165, 1.54) is 0 Å². The van der Waals surface area contributed by atoms with Gasteiger partial charge in [-0.3, -0.25) is 0 Å². The number of benzene rings is 1. The maximum Gasteiger partial charge on any atom is 0.116 e. The monoisotopic (exact) mass is 293 g/mol. The van der Waals surface area contributed by atoms with Crippen LogP contribution in [-0.2, 0) is 6.54 Å². The molecule has 0 fully saturated rings. The molecule has 0 spiro atoms. The molecule has 0 saturated carbocycles. The SMILES string of the molecule is CCCNCc1c(Cl)cccc1Sc1ccncn1. The first-order valence-corrected chi connectivity index (χ1v) is 7.42. The summed E-state index contributed by atoms with van der Waals surface area (Å²) in [5, 5.41) is 5.11. The Kier molecular flexibility index (Phi) is 5.63. The van der Waals surface area contributed by atoms with E-state index >= 15 is 0 Å². The molecule has 19 heavy (non-hydrogen) atoms. The van der Waals surface area contributed by atoms with Crippen molar-refractivity contribution in [3.05, 3.63) is 47.4 Å². The fraction of sp³-hybridized carbons (Fsp3) is 0.286.